The van der Waals surface area contributed by atoms with Crippen molar-refractivity contribution in [3.05, 3.63) is 30.0 Å². The molecule has 9 heteroatoms. The Labute approximate surface area is 162 Å². The molecule has 3 heterocycles. The van der Waals surface area contributed by atoms with Crippen LogP contribution in [0.1, 0.15) is 43.7 Å². The standard InChI is InChI=1S/C18H25N5O3S/c19-15(24)7-8-16-20-21-18(23(16)12-14-6-5-11-26-14)27-13-17(25)22-9-3-1-2-4-10-22/h5-6,11H,1-4,7-10,12-13H2,(H2,19,24). The van der Waals surface area contributed by atoms with Gasteiger partial charge in [-0.15, -0.1) is 10.2 Å². The highest BCUT2D eigenvalue weighted by Crippen LogP contribution is 2.21. The zero-order chi connectivity index (χ0) is 19.1. The SMILES string of the molecule is NC(=O)CCc1nnc(SCC(=O)N2CCCCCC2)n1Cc1ccco1. The number of likely N-dealkylation sites (tertiary alicyclic amines) is 1. The van der Waals surface area contributed by atoms with Crippen LogP contribution in [0.2, 0.25) is 0 Å². The van der Waals surface area contributed by atoms with Gasteiger partial charge in [-0.25, -0.2) is 0 Å². The molecule has 1 saturated heterocycles. The van der Waals surface area contributed by atoms with Crippen LogP contribution in [0.5, 0.6) is 0 Å². The largest absolute Gasteiger partial charge is 0.467 e. The summed E-state index contributed by atoms with van der Waals surface area (Å²) in [5.74, 6) is 1.50. The Bertz CT molecular complexity index is 751. The van der Waals surface area contributed by atoms with E-state index < -0.39 is 0 Å². The molecule has 3 rings (SSSR count). The molecule has 0 saturated carbocycles. The molecule has 27 heavy (non-hydrogen) atoms. The van der Waals surface area contributed by atoms with E-state index in [0.29, 0.717) is 29.7 Å². The minimum Gasteiger partial charge on any atom is -0.467 e. The Morgan fingerprint density at radius 1 is 1.19 bits per heavy atom. The molecule has 0 aliphatic carbocycles. The second-order valence-electron chi connectivity index (χ2n) is 6.61. The van der Waals surface area contributed by atoms with Crippen LogP contribution in [0.25, 0.3) is 0 Å². The van der Waals surface area contributed by atoms with E-state index in [4.69, 9.17) is 10.2 Å². The van der Waals surface area contributed by atoms with E-state index in [1.165, 1.54) is 24.6 Å². The fourth-order valence-electron chi connectivity index (χ4n) is 3.10. The summed E-state index contributed by atoms with van der Waals surface area (Å²) in [4.78, 5) is 25.6. The molecule has 0 bridgehead atoms. The maximum absolute atomic E-state index is 12.5. The number of aromatic nitrogens is 3. The normalized spacial score (nSPS) is 14.9. The Kier molecular flexibility index (Phi) is 6.92. The molecule has 0 unspecified atom stereocenters. The van der Waals surface area contributed by atoms with Crippen LogP contribution in [-0.2, 0) is 22.6 Å². The van der Waals surface area contributed by atoms with Crippen LogP contribution in [0, 0.1) is 0 Å². The minimum absolute atomic E-state index is 0.133. The summed E-state index contributed by atoms with van der Waals surface area (Å²) in [6.07, 6.45) is 6.75. The van der Waals surface area contributed by atoms with Gasteiger partial charge in [0.15, 0.2) is 5.16 Å². The van der Waals surface area contributed by atoms with E-state index in [9.17, 15) is 9.59 Å². The van der Waals surface area contributed by atoms with Crippen LogP contribution < -0.4 is 5.73 Å². The van der Waals surface area contributed by atoms with Crippen molar-refractivity contribution >= 4 is 23.6 Å². The van der Waals surface area contributed by atoms with Gasteiger partial charge in [0.2, 0.25) is 11.8 Å². The number of nitrogens with two attached hydrogens (primary N) is 1. The summed E-state index contributed by atoms with van der Waals surface area (Å²) in [6.45, 7) is 2.12. The van der Waals surface area contributed by atoms with Gasteiger partial charge in [-0.3, -0.25) is 14.2 Å². The molecule has 8 nitrogen and oxygen atoms in total. The van der Waals surface area contributed by atoms with Crippen molar-refractivity contribution in [3.8, 4) is 0 Å². The second-order valence-corrected chi connectivity index (χ2v) is 7.56. The Hall–Kier alpha value is -2.29. The van der Waals surface area contributed by atoms with Crippen LogP contribution in [0.4, 0.5) is 0 Å². The predicted molar refractivity (Wildman–Crippen MR) is 101 cm³/mol. The third kappa shape index (κ3) is 5.59. The number of carbonyl (C=O) groups excluding carboxylic acids is 2. The first-order valence-corrected chi connectivity index (χ1v) is 10.3. The molecule has 0 atom stereocenters. The van der Waals surface area contributed by atoms with Gasteiger partial charge in [-0.2, -0.15) is 0 Å². The first kappa shape index (κ1) is 19.5. The first-order valence-electron chi connectivity index (χ1n) is 9.27. The maximum atomic E-state index is 12.5. The average Bonchev–Trinajstić information content (AvgIpc) is 3.20. The second kappa shape index (κ2) is 9.59. The number of hydrogen-bond acceptors (Lipinski definition) is 6. The predicted octanol–water partition coefficient (Wildman–Crippen LogP) is 1.83. The van der Waals surface area contributed by atoms with Gasteiger partial charge in [0, 0.05) is 25.9 Å². The third-order valence-electron chi connectivity index (χ3n) is 4.57. The lowest BCUT2D eigenvalue weighted by Crippen LogP contribution is -2.33. The van der Waals surface area contributed by atoms with Crippen molar-refractivity contribution in [1.29, 1.82) is 0 Å². The molecule has 2 amide bonds. The Morgan fingerprint density at radius 2 is 1.96 bits per heavy atom. The molecule has 1 fully saturated rings. The van der Waals surface area contributed by atoms with Crippen LogP contribution in [0.3, 0.4) is 0 Å². The van der Waals surface area contributed by atoms with Gasteiger partial charge in [0.25, 0.3) is 0 Å². The number of hydrogen-bond donors (Lipinski definition) is 1. The summed E-state index contributed by atoms with van der Waals surface area (Å²) in [5, 5.41) is 9.06. The lowest BCUT2D eigenvalue weighted by atomic mass is 10.2. The van der Waals surface area contributed by atoms with E-state index in [-0.39, 0.29) is 18.2 Å². The van der Waals surface area contributed by atoms with Crippen LogP contribution >= 0.6 is 11.8 Å². The third-order valence-corrected chi connectivity index (χ3v) is 5.52. The Balaban J connectivity index is 1.67. The number of furan rings is 1. The molecule has 2 aromatic heterocycles. The van der Waals surface area contributed by atoms with Crippen molar-refractivity contribution in [1.82, 2.24) is 19.7 Å². The molecule has 2 aromatic rings. The van der Waals surface area contributed by atoms with Gasteiger partial charge < -0.3 is 15.1 Å². The molecular formula is C18H25N5O3S. The lowest BCUT2D eigenvalue weighted by Gasteiger charge is -2.19. The van der Waals surface area contributed by atoms with Crippen LogP contribution in [-0.4, -0.2) is 50.3 Å². The van der Waals surface area contributed by atoms with E-state index in [1.807, 2.05) is 21.6 Å². The topological polar surface area (TPSA) is 107 Å². The van der Waals surface area contributed by atoms with E-state index >= 15 is 0 Å². The van der Waals surface area contributed by atoms with Crippen molar-refractivity contribution in [3.63, 3.8) is 0 Å². The van der Waals surface area contributed by atoms with Gasteiger partial charge in [0.1, 0.15) is 11.6 Å². The number of amides is 2. The van der Waals surface area contributed by atoms with Gasteiger partial charge in [0.05, 0.1) is 18.6 Å². The molecule has 2 N–H and O–H groups in total. The zero-order valence-corrected chi connectivity index (χ0v) is 16.1. The van der Waals surface area contributed by atoms with Crippen molar-refractivity contribution in [2.24, 2.45) is 5.73 Å². The molecule has 0 radical (unpaired) electrons. The average molecular weight is 391 g/mol. The summed E-state index contributed by atoms with van der Waals surface area (Å²) >= 11 is 1.37. The highest BCUT2D eigenvalue weighted by atomic mass is 32.2. The molecule has 0 spiro atoms. The van der Waals surface area contributed by atoms with Gasteiger partial charge in [-0.05, 0) is 25.0 Å². The highest BCUT2D eigenvalue weighted by Gasteiger charge is 2.19. The molecule has 1 aliphatic heterocycles. The number of aryl methyl sites for hydroxylation is 1. The fraction of sp³-hybridized carbons (Fsp3) is 0.556. The lowest BCUT2D eigenvalue weighted by molar-refractivity contribution is -0.128. The van der Waals surface area contributed by atoms with Crippen molar-refractivity contribution < 1.29 is 14.0 Å². The number of nitrogens with zero attached hydrogens (tertiary/aromatic N) is 4. The maximum Gasteiger partial charge on any atom is 0.233 e. The number of rotatable bonds is 8. The zero-order valence-electron chi connectivity index (χ0n) is 15.3. The smallest absolute Gasteiger partial charge is 0.233 e. The van der Waals surface area contributed by atoms with Crippen LogP contribution in [0.15, 0.2) is 28.0 Å². The summed E-state index contributed by atoms with van der Waals surface area (Å²) in [6, 6.07) is 3.69. The van der Waals surface area contributed by atoms with Crippen molar-refractivity contribution in [2.45, 2.75) is 50.2 Å². The van der Waals surface area contributed by atoms with E-state index in [0.717, 1.165) is 31.7 Å². The summed E-state index contributed by atoms with van der Waals surface area (Å²) < 4.78 is 7.32. The molecule has 146 valence electrons. The monoisotopic (exact) mass is 391 g/mol. The number of thioether (sulfide) groups is 1. The molecule has 1 aliphatic rings. The molecule has 0 aromatic carbocycles. The minimum atomic E-state index is -0.381. The highest BCUT2D eigenvalue weighted by molar-refractivity contribution is 7.99. The summed E-state index contributed by atoms with van der Waals surface area (Å²) in [7, 11) is 0. The number of primary amides is 1. The fourth-order valence-corrected chi connectivity index (χ4v) is 3.96. The first-order chi connectivity index (χ1) is 13.1. The number of carbonyl (C=O) groups is 2. The van der Waals surface area contributed by atoms with Crippen molar-refractivity contribution in [2.75, 3.05) is 18.8 Å². The summed E-state index contributed by atoms with van der Waals surface area (Å²) in [5.41, 5.74) is 5.26. The quantitative estimate of drug-likeness (QED) is 0.688. The van der Waals surface area contributed by atoms with Gasteiger partial charge in [-0.1, -0.05) is 24.6 Å². The Morgan fingerprint density at radius 3 is 2.63 bits per heavy atom. The van der Waals surface area contributed by atoms with Gasteiger partial charge >= 0.3 is 0 Å². The van der Waals surface area contributed by atoms with E-state index in [1.54, 1.807) is 6.26 Å². The molecular weight excluding hydrogens is 366 g/mol. The van der Waals surface area contributed by atoms with E-state index in [2.05, 4.69) is 10.2 Å².